The Morgan fingerprint density at radius 2 is 1.74 bits per heavy atom. The van der Waals surface area contributed by atoms with E-state index in [1.165, 1.54) is 44.9 Å². The Morgan fingerprint density at radius 3 is 2.32 bits per heavy atom. The summed E-state index contributed by atoms with van der Waals surface area (Å²) < 4.78 is 11.5. The third-order valence-electron chi connectivity index (χ3n) is 4.06. The number of rotatable bonds is 11. The van der Waals surface area contributed by atoms with Gasteiger partial charge < -0.3 is 15.2 Å². The molecule has 1 fully saturated rings. The van der Waals surface area contributed by atoms with Crippen LogP contribution in [0, 0.1) is 0 Å². The van der Waals surface area contributed by atoms with Crippen LogP contribution >= 0.6 is 0 Å². The van der Waals surface area contributed by atoms with Crippen molar-refractivity contribution < 1.29 is 9.47 Å². The van der Waals surface area contributed by atoms with Crippen LogP contribution in [0.25, 0.3) is 0 Å². The van der Waals surface area contributed by atoms with Crippen molar-refractivity contribution in [3.8, 4) is 0 Å². The first kappa shape index (κ1) is 16.9. The van der Waals surface area contributed by atoms with Crippen LogP contribution in [-0.2, 0) is 9.47 Å². The van der Waals surface area contributed by atoms with Crippen molar-refractivity contribution in [1.82, 2.24) is 0 Å². The summed E-state index contributed by atoms with van der Waals surface area (Å²) in [6, 6.07) is 0. The lowest BCUT2D eigenvalue weighted by molar-refractivity contribution is -0.123. The van der Waals surface area contributed by atoms with Gasteiger partial charge >= 0.3 is 0 Å². The van der Waals surface area contributed by atoms with E-state index in [1.54, 1.807) is 0 Å². The van der Waals surface area contributed by atoms with E-state index in [0.717, 1.165) is 32.5 Å². The largest absolute Gasteiger partial charge is 0.378 e. The van der Waals surface area contributed by atoms with Gasteiger partial charge in [0.05, 0.1) is 6.61 Å². The molecule has 2 N–H and O–H groups in total. The number of nitrogens with two attached hydrogens (primary N) is 1. The molecule has 1 rings (SSSR count). The minimum absolute atomic E-state index is 0.181. The normalized spacial score (nSPS) is 23.7. The minimum Gasteiger partial charge on any atom is -0.378 e. The summed E-state index contributed by atoms with van der Waals surface area (Å²) in [7, 11) is 0. The van der Waals surface area contributed by atoms with Crippen LogP contribution in [0.2, 0.25) is 0 Å². The molecular weight excluding hydrogens is 238 g/mol. The van der Waals surface area contributed by atoms with Crippen molar-refractivity contribution in [2.24, 2.45) is 5.73 Å². The zero-order valence-electron chi connectivity index (χ0n) is 12.8. The highest BCUT2D eigenvalue weighted by atomic mass is 16.5. The molecule has 19 heavy (non-hydrogen) atoms. The van der Waals surface area contributed by atoms with Gasteiger partial charge in [-0.15, -0.1) is 0 Å². The lowest BCUT2D eigenvalue weighted by atomic mass is 9.96. The molecule has 3 nitrogen and oxygen atoms in total. The first-order valence-electron chi connectivity index (χ1n) is 8.25. The SMILES string of the molecule is CCCCCCCCCCOC1(CN)CCCOC1. The van der Waals surface area contributed by atoms with Gasteiger partial charge in [0.2, 0.25) is 0 Å². The van der Waals surface area contributed by atoms with Crippen LogP contribution in [0.4, 0.5) is 0 Å². The van der Waals surface area contributed by atoms with Crippen LogP contribution in [0.3, 0.4) is 0 Å². The second kappa shape index (κ2) is 10.6. The molecule has 1 heterocycles. The Morgan fingerprint density at radius 1 is 1.05 bits per heavy atom. The third-order valence-corrected chi connectivity index (χ3v) is 4.06. The van der Waals surface area contributed by atoms with Gasteiger partial charge in [0.1, 0.15) is 5.60 Å². The summed E-state index contributed by atoms with van der Waals surface area (Å²) in [6.07, 6.45) is 12.8. The monoisotopic (exact) mass is 271 g/mol. The highest BCUT2D eigenvalue weighted by Crippen LogP contribution is 2.22. The smallest absolute Gasteiger partial charge is 0.104 e. The standard InChI is InChI=1S/C16H33NO2/c1-2-3-4-5-6-7-8-9-13-19-16(14-17)11-10-12-18-15-16/h2-15,17H2,1H3. The van der Waals surface area contributed by atoms with E-state index in [9.17, 15) is 0 Å². The molecule has 1 aliphatic rings. The van der Waals surface area contributed by atoms with Crippen LogP contribution in [0.5, 0.6) is 0 Å². The van der Waals surface area contributed by atoms with E-state index in [1.807, 2.05) is 0 Å². The Kier molecular flexibility index (Phi) is 9.48. The molecule has 0 amide bonds. The fourth-order valence-corrected chi connectivity index (χ4v) is 2.69. The molecule has 0 bridgehead atoms. The fraction of sp³-hybridized carbons (Fsp3) is 1.00. The topological polar surface area (TPSA) is 44.5 Å². The number of unbranched alkanes of at least 4 members (excludes halogenated alkanes) is 7. The van der Waals surface area contributed by atoms with Gasteiger partial charge in [-0.25, -0.2) is 0 Å². The summed E-state index contributed by atoms with van der Waals surface area (Å²) >= 11 is 0. The predicted molar refractivity (Wildman–Crippen MR) is 80.4 cm³/mol. The van der Waals surface area contributed by atoms with Gasteiger partial charge in [-0.05, 0) is 19.3 Å². The maximum absolute atomic E-state index is 6.01. The summed E-state index contributed by atoms with van der Waals surface area (Å²) in [6.45, 7) is 5.24. The number of ether oxygens (including phenoxy) is 2. The van der Waals surface area contributed by atoms with Crippen molar-refractivity contribution in [1.29, 1.82) is 0 Å². The molecular formula is C16H33NO2. The van der Waals surface area contributed by atoms with E-state index >= 15 is 0 Å². The molecule has 1 aliphatic heterocycles. The molecule has 0 aliphatic carbocycles. The molecule has 0 radical (unpaired) electrons. The minimum atomic E-state index is -0.181. The van der Waals surface area contributed by atoms with Crippen LogP contribution in [-0.4, -0.2) is 32.0 Å². The third kappa shape index (κ3) is 7.28. The molecule has 0 saturated carbocycles. The average molecular weight is 271 g/mol. The molecule has 0 aromatic carbocycles. The van der Waals surface area contributed by atoms with Gasteiger partial charge in [0.15, 0.2) is 0 Å². The second-order valence-electron chi connectivity index (χ2n) is 5.87. The van der Waals surface area contributed by atoms with E-state index in [4.69, 9.17) is 15.2 Å². The molecule has 0 aromatic heterocycles. The Bertz CT molecular complexity index is 203. The molecule has 3 heteroatoms. The van der Waals surface area contributed by atoms with Gasteiger partial charge in [0.25, 0.3) is 0 Å². The van der Waals surface area contributed by atoms with Crippen molar-refractivity contribution in [2.45, 2.75) is 76.7 Å². The highest BCUT2D eigenvalue weighted by molar-refractivity contribution is 4.84. The van der Waals surface area contributed by atoms with Crippen molar-refractivity contribution >= 4 is 0 Å². The maximum Gasteiger partial charge on any atom is 0.104 e. The molecule has 1 atom stereocenters. The summed E-state index contributed by atoms with van der Waals surface area (Å²) in [5, 5.41) is 0. The van der Waals surface area contributed by atoms with Crippen LogP contribution < -0.4 is 5.73 Å². The summed E-state index contributed by atoms with van der Waals surface area (Å²) in [5.74, 6) is 0. The van der Waals surface area contributed by atoms with Crippen molar-refractivity contribution in [3.05, 3.63) is 0 Å². The Labute approximate surface area is 119 Å². The zero-order valence-corrected chi connectivity index (χ0v) is 12.8. The van der Waals surface area contributed by atoms with Crippen LogP contribution in [0.1, 0.15) is 71.1 Å². The van der Waals surface area contributed by atoms with Gasteiger partial charge in [-0.3, -0.25) is 0 Å². The molecule has 114 valence electrons. The Hall–Kier alpha value is -0.120. The first-order valence-corrected chi connectivity index (χ1v) is 8.25. The zero-order chi connectivity index (χ0) is 13.8. The summed E-state index contributed by atoms with van der Waals surface area (Å²) in [4.78, 5) is 0. The van der Waals surface area contributed by atoms with Gasteiger partial charge in [-0.2, -0.15) is 0 Å². The average Bonchev–Trinajstić information content (AvgIpc) is 2.46. The second-order valence-corrected chi connectivity index (χ2v) is 5.87. The highest BCUT2D eigenvalue weighted by Gasteiger charge is 2.32. The lowest BCUT2D eigenvalue weighted by Crippen LogP contribution is -2.48. The molecule has 0 aromatic rings. The molecule has 1 saturated heterocycles. The molecule has 0 spiro atoms. The molecule has 1 unspecified atom stereocenters. The van der Waals surface area contributed by atoms with Crippen LogP contribution in [0.15, 0.2) is 0 Å². The van der Waals surface area contributed by atoms with E-state index < -0.39 is 0 Å². The van der Waals surface area contributed by atoms with E-state index in [0.29, 0.717) is 13.2 Å². The Balaban J connectivity index is 1.94. The number of hydrogen-bond acceptors (Lipinski definition) is 3. The fourth-order valence-electron chi connectivity index (χ4n) is 2.69. The van der Waals surface area contributed by atoms with Gasteiger partial charge in [-0.1, -0.05) is 51.9 Å². The lowest BCUT2D eigenvalue weighted by Gasteiger charge is -2.35. The number of hydrogen-bond donors (Lipinski definition) is 1. The van der Waals surface area contributed by atoms with E-state index in [-0.39, 0.29) is 5.60 Å². The van der Waals surface area contributed by atoms with Gasteiger partial charge in [0, 0.05) is 19.8 Å². The maximum atomic E-state index is 6.01. The quantitative estimate of drug-likeness (QED) is 0.583. The predicted octanol–water partition coefficient (Wildman–Crippen LogP) is 3.65. The van der Waals surface area contributed by atoms with Crippen molar-refractivity contribution in [2.75, 3.05) is 26.4 Å². The van der Waals surface area contributed by atoms with Crippen molar-refractivity contribution in [3.63, 3.8) is 0 Å². The van der Waals surface area contributed by atoms with E-state index in [2.05, 4.69) is 6.92 Å². The summed E-state index contributed by atoms with van der Waals surface area (Å²) in [5.41, 5.74) is 5.66. The first-order chi connectivity index (χ1) is 9.33.